The largest absolute Gasteiger partial charge is 0.481 e. The molecule has 34 heavy (non-hydrogen) atoms. The molecular formula is C27H32N2O5. The van der Waals surface area contributed by atoms with Crippen molar-refractivity contribution in [2.45, 2.75) is 32.6 Å². The van der Waals surface area contributed by atoms with E-state index >= 15 is 0 Å². The average Bonchev–Trinajstić information content (AvgIpc) is 3.35. The molecule has 7 nitrogen and oxygen atoms in total. The van der Waals surface area contributed by atoms with Crippen LogP contribution >= 0.6 is 0 Å². The van der Waals surface area contributed by atoms with E-state index in [-0.39, 0.29) is 49.2 Å². The highest BCUT2D eigenvalue weighted by atomic mass is 16.5. The fourth-order valence-corrected chi connectivity index (χ4v) is 5.22. The molecule has 4 rings (SSSR count). The van der Waals surface area contributed by atoms with Crippen LogP contribution in [-0.4, -0.2) is 54.2 Å². The van der Waals surface area contributed by atoms with Crippen LogP contribution in [0.2, 0.25) is 0 Å². The van der Waals surface area contributed by atoms with E-state index in [0.717, 1.165) is 11.1 Å². The normalized spacial score (nSPS) is 19.9. The zero-order valence-electron chi connectivity index (χ0n) is 19.7. The van der Waals surface area contributed by atoms with Crippen molar-refractivity contribution < 1.29 is 24.2 Å². The fourth-order valence-electron chi connectivity index (χ4n) is 5.22. The molecule has 0 saturated carbocycles. The number of amides is 2. The van der Waals surface area contributed by atoms with Gasteiger partial charge in [0.05, 0.1) is 12.3 Å². The summed E-state index contributed by atoms with van der Waals surface area (Å²) in [4.78, 5) is 38.3. The summed E-state index contributed by atoms with van der Waals surface area (Å²) in [5, 5.41) is 11.9. The molecule has 2 aromatic rings. The lowest BCUT2D eigenvalue weighted by Gasteiger charge is -2.23. The Morgan fingerprint density at radius 3 is 2.26 bits per heavy atom. The maximum atomic E-state index is 13.0. The van der Waals surface area contributed by atoms with Crippen LogP contribution in [-0.2, 0) is 14.3 Å². The van der Waals surface area contributed by atoms with Crippen LogP contribution in [0.1, 0.15) is 43.7 Å². The summed E-state index contributed by atoms with van der Waals surface area (Å²) in [6.45, 7) is 5.32. The summed E-state index contributed by atoms with van der Waals surface area (Å²) in [5.74, 6) is -1.15. The van der Waals surface area contributed by atoms with Crippen LogP contribution in [0.25, 0.3) is 11.1 Å². The third-order valence-corrected chi connectivity index (χ3v) is 7.20. The molecule has 0 radical (unpaired) electrons. The summed E-state index contributed by atoms with van der Waals surface area (Å²) < 4.78 is 5.58. The van der Waals surface area contributed by atoms with Crippen molar-refractivity contribution in [3.05, 3.63) is 59.7 Å². The third kappa shape index (κ3) is 4.93. The number of aliphatic carboxylic acids is 1. The highest BCUT2D eigenvalue weighted by Gasteiger charge is 2.36. The first-order valence-electron chi connectivity index (χ1n) is 12.0. The SMILES string of the molecule is CCC(CNC(=O)OCC1c2ccccc2-c2ccccc21)C(=O)N1CC(C)C(CC(=O)O)C1. The summed E-state index contributed by atoms with van der Waals surface area (Å²) in [5.41, 5.74) is 4.64. The maximum absolute atomic E-state index is 13.0. The Hall–Kier alpha value is -3.35. The third-order valence-electron chi connectivity index (χ3n) is 7.20. The number of alkyl carbamates (subject to hydrolysis) is 1. The molecular weight excluding hydrogens is 432 g/mol. The molecule has 2 aromatic carbocycles. The van der Waals surface area contributed by atoms with Crippen molar-refractivity contribution in [3.63, 3.8) is 0 Å². The van der Waals surface area contributed by atoms with Gasteiger partial charge in [0.25, 0.3) is 0 Å². The molecule has 2 N–H and O–H groups in total. The van der Waals surface area contributed by atoms with Crippen LogP contribution in [0.15, 0.2) is 48.5 Å². The second-order valence-electron chi connectivity index (χ2n) is 9.39. The molecule has 0 aromatic heterocycles. The Kier molecular flexibility index (Phi) is 7.20. The van der Waals surface area contributed by atoms with Gasteiger partial charge < -0.3 is 20.1 Å². The van der Waals surface area contributed by atoms with E-state index in [9.17, 15) is 14.4 Å². The van der Waals surface area contributed by atoms with Crippen molar-refractivity contribution in [3.8, 4) is 11.1 Å². The molecule has 180 valence electrons. The molecule has 1 fully saturated rings. The van der Waals surface area contributed by atoms with Crippen molar-refractivity contribution in [1.29, 1.82) is 0 Å². The number of nitrogens with zero attached hydrogens (tertiary/aromatic N) is 1. The van der Waals surface area contributed by atoms with Gasteiger partial charge in [0, 0.05) is 25.6 Å². The van der Waals surface area contributed by atoms with E-state index in [4.69, 9.17) is 9.84 Å². The minimum atomic E-state index is -0.838. The Labute approximate surface area is 200 Å². The van der Waals surface area contributed by atoms with Crippen molar-refractivity contribution >= 4 is 18.0 Å². The number of carboxylic acid groups (broad SMARTS) is 1. The van der Waals surface area contributed by atoms with Crippen LogP contribution in [0, 0.1) is 17.8 Å². The lowest BCUT2D eigenvalue weighted by atomic mass is 9.95. The van der Waals surface area contributed by atoms with Crippen LogP contribution in [0.5, 0.6) is 0 Å². The number of benzene rings is 2. The Balaban J connectivity index is 1.31. The number of nitrogens with one attached hydrogen (secondary N) is 1. The lowest BCUT2D eigenvalue weighted by molar-refractivity contribution is -0.139. The lowest BCUT2D eigenvalue weighted by Crippen LogP contribution is -2.41. The number of hydrogen-bond donors (Lipinski definition) is 2. The van der Waals surface area contributed by atoms with Crippen molar-refractivity contribution in [2.24, 2.45) is 17.8 Å². The molecule has 1 heterocycles. The second-order valence-corrected chi connectivity index (χ2v) is 9.39. The first-order chi connectivity index (χ1) is 16.4. The molecule has 2 aliphatic rings. The number of ether oxygens (including phenoxy) is 1. The topological polar surface area (TPSA) is 95.9 Å². The van der Waals surface area contributed by atoms with E-state index in [2.05, 4.69) is 29.6 Å². The fraction of sp³-hybridized carbons (Fsp3) is 0.444. The first-order valence-corrected chi connectivity index (χ1v) is 12.0. The van der Waals surface area contributed by atoms with Crippen LogP contribution < -0.4 is 5.32 Å². The molecule has 0 spiro atoms. The molecule has 3 unspecified atom stereocenters. The Morgan fingerprint density at radius 1 is 1.06 bits per heavy atom. The summed E-state index contributed by atoms with van der Waals surface area (Å²) in [6, 6.07) is 16.3. The standard InChI is InChI=1S/C27H32N2O5/c1-3-18(26(32)29-14-17(2)19(15-29)12-25(30)31)13-28-27(33)34-16-24-22-10-6-4-8-20(22)21-9-5-7-11-23(21)24/h4-11,17-19,24H,3,12-16H2,1-2H3,(H,28,33)(H,30,31). The number of rotatable bonds is 8. The quantitative estimate of drug-likeness (QED) is 0.613. The first kappa shape index (κ1) is 23.8. The van der Waals surface area contributed by atoms with Gasteiger partial charge in [-0.2, -0.15) is 0 Å². The number of carbonyl (C=O) groups excluding carboxylic acids is 2. The van der Waals surface area contributed by atoms with E-state index in [1.165, 1.54) is 11.1 Å². The molecule has 1 aliphatic heterocycles. The van der Waals surface area contributed by atoms with E-state index in [1.54, 1.807) is 4.90 Å². The van der Waals surface area contributed by atoms with Gasteiger partial charge in [-0.05, 0) is 40.5 Å². The van der Waals surface area contributed by atoms with Gasteiger partial charge in [0.15, 0.2) is 0 Å². The average molecular weight is 465 g/mol. The van der Waals surface area contributed by atoms with Gasteiger partial charge in [-0.1, -0.05) is 62.4 Å². The predicted molar refractivity (Wildman–Crippen MR) is 128 cm³/mol. The smallest absolute Gasteiger partial charge is 0.407 e. The zero-order valence-corrected chi connectivity index (χ0v) is 19.7. The van der Waals surface area contributed by atoms with E-state index < -0.39 is 12.1 Å². The number of carbonyl (C=O) groups is 3. The van der Waals surface area contributed by atoms with Gasteiger partial charge in [-0.15, -0.1) is 0 Å². The Morgan fingerprint density at radius 2 is 1.68 bits per heavy atom. The number of fused-ring (bicyclic) bond motifs is 3. The van der Waals surface area contributed by atoms with Gasteiger partial charge in [-0.25, -0.2) is 4.79 Å². The van der Waals surface area contributed by atoms with Gasteiger partial charge in [-0.3, -0.25) is 9.59 Å². The monoisotopic (exact) mass is 464 g/mol. The Bertz CT molecular complexity index is 1020. The molecule has 2 amide bonds. The number of hydrogen-bond acceptors (Lipinski definition) is 4. The second kappa shape index (κ2) is 10.3. The van der Waals surface area contributed by atoms with Crippen LogP contribution in [0.4, 0.5) is 4.79 Å². The van der Waals surface area contributed by atoms with Gasteiger partial charge >= 0.3 is 12.1 Å². The highest BCUT2D eigenvalue weighted by molar-refractivity contribution is 5.81. The highest BCUT2D eigenvalue weighted by Crippen LogP contribution is 2.44. The molecule has 3 atom stereocenters. The zero-order chi connectivity index (χ0) is 24.2. The van der Waals surface area contributed by atoms with Crippen LogP contribution in [0.3, 0.4) is 0 Å². The van der Waals surface area contributed by atoms with Crippen molar-refractivity contribution in [2.75, 3.05) is 26.2 Å². The minimum absolute atomic E-state index is 0.0148. The van der Waals surface area contributed by atoms with Gasteiger partial charge in [0.2, 0.25) is 5.91 Å². The van der Waals surface area contributed by atoms with Gasteiger partial charge in [0.1, 0.15) is 6.61 Å². The summed E-state index contributed by atoms with van der Waals surface area (Å²) in [7, 11) is 0. The number of likely N-dealkylation sites (tertiary alicyclic amines) is 1. The van der Waals surface area contributed by atoms with E-state index in [1.807, 2.05) is 38.1 Å². The van der Waals surface area contributed by atoms with E-state index in [0.29, 0.717) is 19.5 Å². The maximum Gasteiger partial charge on any atom is 0.407 e. The molecule has 7 heteroatoms. The minimum Gasteiger partial charge on any atom is -0.481 e. The predicted octanol–water partition coefficient (Wildman–Crippen LogP) is 4.12. The molecule has 1 saturated heterocycles. The molecule has 1 aliphatic carbocycles. The molecule has 0 bridgehead atoms. The summed E-state index contributed by atoms with van der Waals surface area (Å²) in [6.07, 6.45) is 0.114. The van der Waals surface area contributed by atoms with Crippen molar-refractivity contribution in [1.82, 2.24) is 10.2 Å². The summed E-state index contributed by atoms with van der Waals surface area (Å²) >= 11 is 0. The number of carboxylic acids is 1.